The zero-order valence-electron chi connectivity index (χ0n) is 17.7. The van der Waals surface area contributed by atoms with E-state index in [9.17, 15) is 25.2 Å². The van der Waals surface area contributed by atoms with Crippen molar-refractivity contribution in [2.45, 2.75) is 58.7 Å². The molecule has 0 saturated heterocycles. The summed E-state index contributed by atoms with van der Waals surface area (Å²) in [4.78, 5) is 12.9. The number of aliphatic hydroxyl groups is 2. The predicted octanol–water partition coefficient (Wildman–Crippen LogP) is 3.82. The third-order valence-corrected chi connectivity index (χ3v) is 8.83. The molecule has 0 aromatic heterocycles. The van der Waals surface area contributed by atoms with Crippen molar-refractivity contribution >= 4 is 21.9 Å². The normalized spacial score (nSPS) is 36.4. The fourth-order valence-electron chi connectivity index (χ4n) is 6.31. The first kappa shape index (κ1) is 21.7. The number of phenols is 2. The average Bonchev–Trinajstić information content (AvgIpc) is 2.97. The highest BCUT2D eigenvalue weighted by Gasteiger charge is 2.72. The van der Waals surface area contributed by atoms with Crippen molar-refractivity contribution in [3.05, 3.63) is 33.3 Å². The highest BCUT2D eigenvalue weighted by Crippen LogP contribution is 2.68. The van der Waals surface area contributed by atoms with Gasteiger partial charge in [0.15, 0.2) is 0 Å². The fourth-order valence-corrected chi connectivity index (χ4v) is 6.62. The van der Waals surface area contributed by atoms with Gasteiger partial charge in [0, 0.05) is 11.5 Å². The van der Waals surface area contributed by atoms with Crippen LogP contribution in [0.25, 0.3) is 0 Å². The summed E-state index contributed by atoms with van der Waals surface area (Å²) in [6.45, 7) is 7.78. The van der Waals surface area contributed by atoms with Crippen molar-refractivity contribution in [3.63, 3.8) is 0 Å². The summed E-state index contributed by atoms with van der Waals surface area (Å²) >= 11 is 3.21. The molecule has 3 aliphatic rings. The quantitative estimate of drug-likeness (QED) is 0.386. The first-order valence-electron chi connectivity index (χ1n) is 10.3. The Balaban J connectivity index is 1.66. The van der Waals surface area contributed by atoms with Gasteiger partial charge < -0.3 is 25.2 Å². The lowest BCUT2D eigenvalue weighted by Crippen LogP contribution is -2.73. The molecule has 2 saturated carbocycles. The second-order valence-electron chi connectivity index (χ2n) is 10.2. The summed E-state index contributed by atoms with van der Waals surface area (Å²) in [6.07, 6.45) is 3.64. The van der Waals surface area contributed by atoms with E-state index in [1.807, 2.05) is 13.0 Å². The molecule has 0 aliphatic heterocycles. The molecular weight excluding hydrogens is 452 g/mol. The molecule has 30 heavy (non-hydrogen) atoms. The maximum absolute atomic E-state index is 12.9. The summed E-state index contributed by atoms with van der Waals surface area (Å²) in [5.74, 6) is -0.781. The number of carbonyl (C=O) groups is 1. The minimum absolute atomic E-state index is 0.0536. The molecule has 5 atom stereocenters. The predicted molar refractivity (Wildman–Crippen MR) is 114 cm³/mol. The number of halogens is 1. The monoisotopic (exact) mass is 480 g/mol. The molecule has 164 valence electrons. The summed E-state index contributed by atoms with van der Waals surface area (Å²) in [5.41, 5.74) is -0.954. The Labute approximate surface area is 184 Å². The molecule has 2 fully saturated rings. The lowest BCUT2D eigenvalue weighted by Gasteiger charge is -2.65. The van der Waals surface area contributed by atoms with Gasteiger partial charge in [0.2, 0.25) is 0 Å². The standard InChI is InChI=1S/C23H29BrO6/c1-11-18(15(26)6-16(27)19(11)24)20(28)30-17-9-22(4)14-8-21(2,3)7-12(14)5-13(10-25)23(17,22)29/h5-6,12,14,17,25-27,29H,7-10H2,1-4H3. The number of carbonyl (C=O) groups excluding carboxylic acids is 1. The number of hydrogen-bond donors (Lipinski definition) is 4. The maximum Gasteiger partial charge on any atom is 0.342 e. The van der Waals surface area contributed by atoms with Gasteiger partial charge in [-0.1, -0.05) is 26.8 Å². The van der Waals surface area contributed by atoms with Crippen LogP contribution in [0, 0.1) is 29.6 Å². The van der Waals surface area contributed by atoms with E-state index in [0.29, 0.717) is 27.9 Å². The Morgan fingerprint density at radius 2 is 1.87 bits per heavy atom. The van der Waals surface area contributed by atoms with E-state index in [1.165, 1.54) is 0 Å². The van der Waals surface area contributed by atoms with E-state index in [2.05, 4.69) is 29.8 Å². The van der Waals surface area contributed by atoms with Crippen LogP contribution in [-0.2, 0) is 4.74 Å². The minimum atomic E-state index is -1.43. The Kier molecular flexibility index (Phi) is 4.84. The Bertz CT molecular complexity index is 954. The van der Waals surface area contributed by atoms with Gasteiger partial charge >= 0.3 is 5.97 Å². The summed E-state index contributed by atoms with van der Waals surface area (Å²) < 4.78 is 6.00. The number of allylic oxidation sites excluding steroid dienone is 1. The van der Waals surface area contributed by atoms with Crippen molar-refractivity contribution < 1.29 is 30.0 Å². The van der Waals surface area contributed by atoms with Crippen molar-refractivity contribution in [1.82, 2.24) is 0 Å². The van der Waals surface area contributed by atoms with Crippen LogP contribution in [0.2, 0.25) is 0 Å². The molecule has 1 aromatic carbocycles. The van der Waals surface area contributed by atoms with Crippen molar-refractivity contribution in [1.29, 1.82) is 0 Å². The van der Waals surface area contributed by atoms with E-state index in [4.69, 9.17) is 4.74 Å². The van der Waals surface area contributed by atoms with Crippen LogP contribution >= 0.6 is 15.9 Å². The number of aliphatic hydroxyl groups excluding tert-OH is 1. The van der Waals surface area contributed by atoms with Crippen LogP contribution in [0.5, 0.6) is 11.5 Å². The van der Waals surface area contributed by atoms with Crippen LogP contribution in [-0.4, -0.2) is 44.7 Å². The molecule has 0 amide bonds. The van der Waals surface area contributed by atoms with Gasteiger partial charge in [0.05, 0.1) is 11.1 Å². The molecule has 0 radical (unpaired) electrons. The molecule has 4 N–H and O–H groups in total. The van der Waals surface area contributed by atoms with Crippen LogP contribution in [0.4, 0.5) is 0 Å². The van der Waals surface area contributed by atoms with Crippen molar-refractivity contribution in [2.24, 2.45) is 22.7 Å². The fraction of sp³-hybridized carbons (Fsp3) is 0.609. The lowest BCUT2D eigenvalue weighted by molar-refractivity contribution is -0.250. The zero-order valence-corrected chi connectivity index (χ0v) is 19.3. The van der Waals surface area contributed by atoms with Gasteiger partial charge in [-0.15, -0.1) is 0 Å². The molecule has 7 heteroatoms. The van der Waals surface area contributed by atoms with E-state index < -0.39 is 23.1 Å². The second kappa shape index (κ2) is 6.71. The molecule has 4 rings (SSSR count). The number of aromatic hydroxyl groups is 2. The van der Waals surface area contributed by atoms with Crippen LogP contribution in [0.3, 0.4) is 0 Å². The minimum Gasteiger partial charge on any atom is -0.507 e. The van der Waals surface area contributed by atoms with Gasteiger partial charge in [-0.3, -0.25) is 0 Å². The van der Waals surface area contributed by atoms with Crippen molar-refractivity contribution in [2.75, 3.05) is 6.61 Å². The van der Waals surface area contributed by atoms with Crippen molar-refractivity contribution in [3.8, 4) is 11.5 Å². The van der Waals surface area contributed by atoms with Gasteiger partial charge in [0.25, 0.3) is 0 Å². The number of rotatable bonds is 3. The largest absolute Gasteiger partial charge is 0.507 e. The molecular formula is C23H29BrO6. The molecule has 0 bridgehead atoms. The number of fused-ring (bicyclic) bond motifs is 3. The zero-order chi connectivity index (χ0) is 22.2. The summed E-state index contributed by atoms with van der Waals surface area (Å²) in [5, 5.41) is 41.8. The maximum atomic E-state index is 12.9. The molecule has 6 nitrogen and oxygen atoms in total. The second-order valence-corrected chi connectivity index (χ2v) is 11.0. The lowest BCUT2D eigenvalue weighted by atomic mass is 9.44. The third-order valence-electron chi connectivity index (χ3n) is 7.83. The third kappa shape index (κ3) is 2.78. The Morgan fingerprint density at radius 1 is 1.20 bits per heavy atom. The van der Waals surface area contributed by atoms with Crippen LogP contribution in [0.1, 0.15) is 56.0 Å². The van der Waals surface area contributed by atoms with Gasteiger partial charge in [0.1, 0.15) is 28.8 Å². The van der Waals surface area contributed by atoms with E-state index in [0.717, 1.165) is 18.9 Å². The number of benzene rings is 1. The van der Waals surface area contributed by atoms with Gasteiger partial charge in [-0.2, -0.15) is 0 Å². The molecule has 0 heterocycles. The smallest absolute Gasteiger partial charge is 0.342 e. The summed E-state index contributed by atoms with van der Waals surface area (Å²) in [6, 6.07) is 1.08. The highest BCUT2D eigenvalue weighted by atomic mass is 79.9. The summed E-state index contributed by atoms with van der Waals surface area (Å²) in [7, 11) is 0. The number of phenolic OH excluding ortho intramolecular Hbond substituents is 2. The van der Waals surface area contributed by atoms with Crippen LogP contribution in [0.15, 0.2) is 22.2 Å². The number of hydrogen-bond acceptors (Lipinski definition) is 6. The van der Waals surface area contributed by atoms with E-state index in [-0.39, 0.29) is 35.0 Å². The molecule has 3 aliphatic carbocycles. The SMILES string of the molecule is Cc1c(Br)c(O)cc(O)c1C(=O)OC1CC2(C)C3CC(C)(C)CC3C=C(CO)C12O. The van der Waals surface area contributed by atoms with Gasteiger partial charge in [-0.05, 0) is 70.5 Å². The van der Waals surface area contributed by atoms with Crippen LogP contribution < -0.4 is 0 Å². The number of ether oxygens (including phenoxy) is 1. The highest BCUT2D eigenvalue weighted by molar-refractivity contribution is 9.10. The average molecular weight is 481 g/mol. The Hall–Kier alpha value is -1.57. The molecule has 1 aromatic rings. The van der Waals surface area contributed by atoms with E-state index >= 15 is 0 Å². The first-order valence-corrected chi connectivity index (χ1v) is 11.1. The number of esters is 1. The molecule has 5 unspecified atom stereocenters. The van der Waals surface area contributed by atoms with Gasteiger partial charge in [-0.25, -0.2) is 4.79 Å². The van der Waals surface area contributed by atoms with E-state index in [1.54, 1.807) is 6.92 Å². The first-order chi connectivity index (χ1) is 13.9. The molecule has 0 spiro atoms. The Morgan fingerprint density at radius 3 is 2.50 bits per heavy atom. The topological polar surface area (TPSA) is 107 Å².